The van der Waals surface area contributed by atoms with E-state index in [1.807, 2.05) is 19.9 Å². The van der Waals surface area contributed by atoms with E-state index in [0.29, 0.717) is 18.2 Å². The van der Waals surface area contributed by atoms with Gasteiger partial charge in [0.2, 0.25) is 0 Å². The molecule has 0 amide bonds. The minimum atomic E-state index is -0.940. The Hall–Kier alpha value is -2.56. The van der Waals surface area contributed by atoms with Gasteiger partial charge in [-0.15, -0.1) is 0 Å². The van der Waals surface area contributed by atoms with Gasteiger partial charge >= 0.3 is 5.97 Å². The number of aryl methyl sites for hydroxylation is 1. The summed E-state index contributed by atoms with van der Waals surface area (Å²) in [4.78, 5) is 15.3. The topological polar surface area (TPSA) is 71.5 Å². The molecule has 1 aromatic heterocycles. The van der Waals surface area contributed by atoms with Crippen molar-refractivity contribution in [2.75, 3.05) is 11.9 Å². The number of carbonyl (C=O) groups is 1. The van der Waals surface area contributed by atoms with Gasteiger partial charge in [0, 0.05) is 18.7 Å². The smallest absolute Gasteiger partial charge is 0.337 e. The van der Waals surface area contributed by atoms with Crippen molar-refractivity contribution >= 4 is 11.7 Å². The van der Waals surface area contributed by atoms with Crippen molar-refractivity contribution < 1.29 is 14.6 Å². The predicted octanol–water partition coefficient (Wildman–Crippen LogP) is 4.10. The minimum Gasteiger partial charge on any atom is -0.491 e. The van der Waals surface area contributed by atoms with Crippen molar-refractivity contribution in [1.82, 2.24) is 4.98 Å². The third-order valence-electron chi connectivity index (χ3n) is 4.52. The Morgan fingerprint density at radius 1 is 1.40 bits per heavy atom. The van der Waals surface area contributed by atoms with Gasteiger partial charge in [-0.05, 0) is 62.4 Å². The molecule has 0 saturated carbocycles. The van der Waals surface area contributed by atoms with Crippen LogP contribution in [-0.4, -0.2) is 28.7 Å². The largest absolute Gasteiger partial charge is 0.491 e. The van der Waals surface area contributed by atoms with Crippen molar-refractivity contribution in [3.63, 3.8) is 0 Å². The monoisotopic (exact) mass is 340 g/mol. The molecule has 0 fully saturated rings. The van der Waals surface area contributed by atoms with Gasteiger partial charge in [0.15, 0.2) is 0 Å². The average Bonchev–Trinajstić information content (AvgIpc) is 2.59. The first-order chi connectivity index (χ1) is 12.0. The Morgan fingerprint density at radius 2 is 2.24 bits per heavy atom. The molecule has 1 unspecified atom stereocenters. The molecule has 3 rings (SSSR count). The Bertz CT molecular complexity index is 758. The van der Waals surface area contributed by atoms with Gasteiger partial charge in [0.1, 0.15) is 5.75 Å². The highest BCUT2D eigenvalue weighted by Gasteiger charge is 2.21. The quantitative estimate of drug-likeness (QED) is 0.828. The maximum Gasteiger partial charge on any atom is 0.337 e. The van der Waals surface area contributed by atoms with Crippen LogP contribution in [0.5, 0.6) is 5.75 Å². The number of fused-ring (bicyclic) bond motifs is 1. The molecule has 5 heteroatoms. The van der Waals surface area contributed by atoms with E-state index in [1.165, 1.54) is 23.4 Å². The zero-order chi connectivity index (χ0) is 17.8. The SMILES string of the molecule is CC(C)Oc1ccc2c(c1)CCCC2CNc1cnccc1C(=O)O. The Kier molecular flexibility index (Phi) is 5.22. The number of aromatic carboxylic acids is 1. The molecular formula is C20H24N2O3. The van der Waals surface area contributed by atoms with Crippen molar-refractivity contribution in [2.45, 2.75) is 45.1 Å². The lowest BCUT2D eigenvalue weighted by atomic mass is 9.82. The van der Waals surface area contributed by atoms with Crippen LogP contribution in [0.25, 0.3) is 0 Å². The Labute approximate surface area is 148 Å². The molecule has 0 bridgehead atoms. The van der Waals surface area contributed by atoms with Gasteiger partial charge in [-0.25, -0.2) is 4.79 Å². The molecular weight excluding hydrogens is 316 g/mol. The molecule has 1 heterocycles. The fourth-order valence-electron chi connectivity index (χ4n) is 3.40. The molecule has 132 valence electrons. The van der Waals surface area contributed by atoms with E-state index in [9.17, 15) is 9.90 Å². The third-order valence-corrected chi connectivity index (χ3v) is 4.52. The molecule has 2 N–H and O–H groups in total. The summed E-state index contributed by atoms with van der Waals surface area (Å²) in [5.41, 5.74) is 3.49. The minimum absolute atomic E-state index is 0.166. The van der Waals surface area contributed by atoms with Gasteiger partial charge in [-0.2, -0.15) is 0 Å². The van der Waals surface area contributed by atoms with Crippen molar-refractivity contribution in [2.24, 2.45) is 0 Å². The van der Waals surface area contributed by atoms with E-state index in [0.717, 1.165) is 25.0 Å². The standard InChI is InChI=1S/C20H24N2O3/c1-13(2)25-16-6-7-17-14(10-16)4-3-5-15(17)11-22-19-12-21-9-8-18(19)20(23)24/h6-10,12-13,15,22H,3-5,11H2,1-2H3,(H,23,24). The van der Waals surface area contributed by atoms with E-state index in [-0.39, 0.29) is 11.7 Å². The average molecular weight is 340 g/mol. The summed E-state index contributed by atoms with van der Waals surface area (Å²) in [7, 11) is 0. The maximum atomic E-state index is 11.3. The van der Waals surface area contributed by atoms with Crippen molar-refractivity contribution in [3.8, 4) is 5.75 Å². The molecule has 1 atom stereocenters. The number of carboxylic acids is 1. The summed E-state index contributed by atoms with van der Waals surface area (Å²) in [6.07, 6.45) is 6.53. The van der Waals surface area contributed by atoms with Gasteiger partial charge in [-0.1, -0.05) is 6.07 Å². The number of hydrogen-bond acceptors (Lipinski definition) is 4. The predicted molar refractivity (Wildman–Crippen MR) is 97.6 cm³/mol. The summed E-state index contributed by atoms with van der Waals surface area (Å²) >= 11 is 0. The number of hydrogen-bond donors (Lipinski definition) is 2. The van der Waals surface area contributed by atoms with Gasteiger partial charge in [0.05, 0.1) is 23.6 Å². The molecule has 0 spiro atoms. The maximum absolute atomic E-state index is 11.3. The van der Waals surface area contributed by atoms with Crippen LogP contribution < -0.4 is 10.1 Å². The number of anilines is 1. The van der Waals surface area contributed by atoms with Gasteiger partial charge < -0.3 is 15.2 Å². The number of pyridine rings is 1. The molecule has 5 nitrogen and oxygen atoms in total. The van der Waals surface area contributed by atoms with Crippen molar-refractivity contribution in [3.05, 3.63) is 53.3 Å². The van der Waals surface area contributed by atoms with E-state index in [2.05, 4.69) is 22.4 Å². The molecule has 0 radical (unpaired) electrons. The summed E-state index contributed by atoms with van der Waals surface area (Å²) in [6.45, 7) is 4.75. The normalized spacial score (nSPS) is 16.4. The molecule has 1 aliphatic rings. The van der Waals surface area contributed by atoms with Crippen LogP contribution in [-0.2, 0) is 6.42 Å². The first kappa shape index (κ1) is 17.3. The second-order valence-electron chi connectivity index (χ2n) is 6.72. The summed E-state index contributed by atoms with van der Waals surface area (Å²) in [5, 5.41) is 12.6. The number of ether oxygens (including phenoxy) is 1. The second kappa shape index (κ2) is 7.55. The van der Waals surface area contributed by atoms with Crippen LogP contribution in [0, 0.1) is 0 Å². The van der Waals surface area contributed by atoms with Crippen LogP contribution in [0.15, 0.2) is 36.7 Å². The highest BCUT2D eigenvalue weighted by molar-refractivity contribution is 5.93. The van der Waals surface area contributed by atoms with Crippen LogP contribution in [0.2, 0.25) is 0 Å². The number of rotatable bonds is 6. The fraction of sp³-hybridized carbons (Fsp3) is 0.400. The zero-order valence-electron chi connectivity index (χ0n) is 14.7. The number of carboxylic acid groups (broad SMARTS) is 1. The highest BCUT2D eigenvalue weighted by Crippen LogP contribution is 2.34. The number of nitrogens with one attached hydrogen (secondary N) is 1. The lowest BCUT2D eigenvalue weighted by molar-refractivity contribution is 0.0697. The molecule has 0 aliphatic heterocycles. The first-order valence-electron chi connectivity index (χ1n) is 8.75. The first-order valence-corrected chi connectivity index (χ1v) is 8.75. The number of nitrogens with zero attached hydrogens (tertiary/aromatic N) is 1. The van der Waals surface area contributed by atoms with E-state index in [4.69, 9.17) is 4.74 Å². The lowest BCUT2D eigenvalue weighted by Gasteiger charge is -2.27. The summed E-state index contributed by atoms with van der Waals surface area (Å²) in [6, 6.07) is 7.85. The van der Waals surface area contributed by atoms with Crippen molar-refractivity contribution in [1.29, 1.82) is 0 Å². The highest BCUT2D eigenvalue weighted by atomic mass is 16.5. The van der Waals surface area contributed by atoms with E-state index >= 15 is 0 Å². The molecule has 2 aromatic rings. The van der Waals surface area contributed by atoms with Crippen LogP contribution in [0.3, 0.4) is 0 Å². The van der Waals surface area contributed by atoms with E-state index in [1.54, 1.807) is 6.20 Å². The Morgan fingerprint density at radius 3 is 3.00 bits per heavy atom. The second-order valence-corrected chi connectivity index (χ2v) is 6.72. The van der Waals surface area contributed by atoms with Gasteiger partial charge in [0.25, 0.3) is 0 Å². The number of aromatic nitrogens is 1. The molecule has 25 heavy (non-hydrogen) atoms. The summed E-state index contributed by atoms with van der Waals surface area (Å²) < 4.78 is 5.80. The molecule has 1 aromatic carbocycles. The Balaban J connectivity index is 1.75. The summed E-state index contributed by atoms with van der Waals surface area (Å²) in [5.74, 6) is 0.339. The fourth-order valence-corrected chi connectivity index (χ4v) is 3.40. The van der Waals surface area contributed by atoms with E-state index < -0.39 is 5.97 Å². The molecule has 0 saturated heterocycles. The zero-order valence-corrected chi connectivity index (χ0v) is 14.7. The van der Waals surface area contributed by atoms with Crippen LogP contribution in [0.4, 0.5) is 5.69 Å². The van der Waals surface area contributed by atoms with Crippen LogP contribution in [0.1, 0.15) is 54.1 Å². The molecule has 1 aliphatic carbocycles. The lowest BCUT2D eigenvalue weighted by Crippen LogP contribution is -2.19. The number of benzene rings is 1. The van der Waals surface area contributed by atoms with Gasteiger partial charge in [-0.3, -0.25) is 4.98 Å². The third kappa shape index (κ3) is 4.10. The van der Waals surface area contributed by atoms with Crippen LogP contribution >= 0.6 is 0 Å².